The number of hydrogen-bond acceptors (Lipinski definition) is 4. The van der Waals surface area contributed by atoms with E-state index in [9.17, 15) is 4.79 Å². The zero-order chi connectivity index (χ0) is 21.1. The van der Waals surface area contributed by atoms with E-state index in [0.717, 1.165) is 39.0 Å². The van der Waals surface area contributed by atoms with Crippen LogP contribution in [-0.2, 0) is 11.2 Å². The number of carbonyl (C=O) groups excluding carboxylic acids is 1. The first-order valence-corrected chi connectivity index (χ1v) is 9.95. The zero-order valence-corrected chi connectivity index (χ0v) is 17.4. The van der Waals surface area contributed by atoms with E-state index in [-0.39, 0.29) is 18.2 Å². The highest BCUT2D eigenvalue weighted by Crippen LogP contribution is 2.31. The fourth-order valence-corrected chi connectivity index (χ4v) is 3.82. The van der Waals surface area contributed by atoms with Crippen LogP contribution in [0.5, 0.6) is 5.75 Å². The summed E-state index contributed by atoms with van der Waals surface area (Å²) >= 11 is 0. The van der Waals surface area contributed by atoms with Gasteiger partial charge in [0, 0.05) is 35.1 Å². The Labute approximate surface area is 175 Å². The number of rotatable bonds is 7. The van der Waals surface area contributed by atoms with Crippen molar-refractivity contribution in [2.45, 2.75) is 26.2 Å². The quantitative estimate of drug-likeness (QED) is 0.483. The van der Waals surface area contributed by atoms with Crippen molar-refractivity contribution >= 4 is 16.8 Å². The third-order valence-electron chi connectivity index (χ3n) is 5.54. The number of carbonyl (C=O) groups is 1. The second-order valence-electron chi connectivity index (χ2n) is 7.40. The normalized spacial score (nSPS) is 12.1. The predicted molar refractivity (Wildman–Crippen MR) is 116 cm³/mol. The lowest BCUT2D eigenvalue weighted by Crippen LogP contribution is -2.30. The second-order valence-corrected chi connectivity index (χ2v) is 7.40. The van der Waals surface area contributed by atoms with E-state index >= 15 is 0 Å². The third-order valence-corrected chi connectivity index (χ3v) is 5.54. The summed E-state index contributed by atoms with van der Waals surface area (Å²) in [5, 5.41) is 8.19. The number of para-hydroxylation sites is 1. The fourth-order valence-electron chi connectivity index (χ4n) is 3.82. The molecule has 0 aliphatic heterocycles. The van der Waals surface area contributed by atoms with Gasteiger partial charge in [0.05, 0.1) is 19.2 Å². The average molecular weight is 403 g/mol. The number of H-pyrrole nitrogens is 1. The number of methoxy groups -OCH3 is 1. The number of ether oxygens (including phenoxy) is 1. The molecule has 1 atom stereocenters. The summed E-state index contributed by atoms with van der Waals surface area (Å²) < 4.78 is 10.5. The molecule has 6 nitrogen and oxygen atoms in total. The summed E-state index contributed by atoms with van der Waals surface area (Å²) in [5.41, 5.74) is 4.94. The number of aryl methyl sites for hydroxylation is 2. The van der Waals surface area contributed by atoms with Gasteiger partial charge < -0.3 is 19.6 Å². The Bertz CT molecular complexity index is 1140. The van der Waals surface area contributed by atoms with Gasteiger partial charge in [0.2, 0.25) is 5.91 Å². The van der Waals surface area contributed by atoms with Crippen molar-refractivity contribution in [3.8, 4) is 5.75 Å². The molecule has 30 heavy (non-hydrogen) atoms. The Kier molecular flexibility index (Phi) is 5.57. The molecule has 1 unspecified atom stereocenters. The molecule has 154 valence electrons. The Morgan fingerprint density at radius 1 is 1.17 bits per heavy atom. The number of fused-ring (bicyclic) bond motifs is 1. The summed E-state index contributed by atoms with van der Waals surface area (Å²) in [6.07, 6.45) is 2.28. The van der Waals surface area contributed by atoms with Gasteiger partial charge in [0.25, 0.3) is 0 Å². The number of amides is 1. The highest BCUT2D eigenvalue weighted by molar-refractivity contribution is 5.84. The summed E-state index contributed by atoms with van der Waals surface area (Å²) in [7, 11) is 1.65. The minimum absolute atomic E-state index is 0.000625. The van der Waals surface area contributed by atoms with Gasteiger partial charge in [0.1, 0.15) is 11.5 Å². The largest absolute Gasteiger partial charge is 0.497 e. The highest BCUT2D eigenvalue weighted by atomic mass is 16.5. The van der Waals surface area contributed by atoms with Crippen molar-refractivity contribution in [1.29, 1.82) is 0 Å². The highest BCUT2D eigenvalue weighted by Gasteiger charge is 2.20. The molecule has 2 heterocycles. The molecule has 0 aliphatic carbocycles. The smallest absolute Gasteiger partial charge is 0.224 e. The zero-order valence-electron chi connectivity index (χ0n) is 17.4. The van der Waals surface area contributed by atoms with E-state index in [1.807, 2.05) is 56.4 Å². The molecular weight excluding hydrogens is 378 g/mol. The van der Waals surface area contributed by atoms with Gasteiger partial charge in [-0.15, -0.1) is 0 Å². The molecule has 0 saturated carbocycles. The monoisotopic (exact) mass is 403 g/mol. The lowest BCUT2D eigenvalue weighted by Gasteiger charge is -2.18. The van der Waals surface area contributed by atoms with Gasteiger partial charge in [0.15, 0.2) is 0 Å². The first kappa shape index (κ1) is 19.8. The van der Waals surface area contributed by atoms with E-state index in [1.165, 1.54) is 0 Å². The fraction of sp³-hybridized carbons (Fsp3) is 0.250. The molecule has 2 N–H and O–H groups in total. The first-order chi connectivity index (χ1) is 14.6. The number of nitrogens with zero attached hydrogens (tertiary/aromatic N) is 1. The molecule has 0 aliphatic rings. The van der Waals surface area contributed by atoms with Crippen molar-refractivity contribution in [3.05, 3.63) is 82.9 Å². The SMILES string of the molecule is COc1ccc(C(CNC(=O)Cc2c(C)noc2C)c2c[nH]c3ccccc23)cc1. The summed E-state index contributed by atoms with van der Waals surface area (Å²) in [5.74, 6) is 1.44. The first-order valence-electron chi connectivity index (χ1n) is 9.95. The predicted octanol–water partition coefficient (Wildman–Crippen LogP) is 4.27. The standard InChI is InChI=1S/C24H25N3O3/c1-15-20(16(2)30-27-15)12-24(28)26-13-21(17-8-10-18(29-3)11-9-17)22-14-25-23-7-5-4-6-19(22)23/h4-11,14,21,25H,12-13H2,1-3H3,(H,26,28). The van der Waals surface area contributed by atoms with Crippen molar-refractivity contribution in [1.82, 2.24) is 15.5 Å². The van der Waals surface area contributed by atoms with Gasteiger partial charge in [-0.25, -0.2) is 0 Å². The van der Waals surface area contributed by atoms with Crippen LogP contribution in [0.2, 0.25) is 0 Å². The molecule has 4 rings (SSSR count). The maximum atomic E-state index is 12.7. The molecule has 2 aromatic heterocycles. The van der Waals surface area contributed by atoms with E-state index < -0.39 is 0 Å². The van der Waals surface area contributed by atoms with Gasteiger partial charge in [-0.05, 0) is 43.2 Å². The van der Waals surface area contributed by atoms with Crippen LogP contribution in [0.4, 0.5) is 0 Å². The summed E-state index contributed by atoms with van der Waals surface area (Å²) in [6, 6.07) is 16.2. The molecule has 0 fully saturated rings. The van der Waals surface area contributed by atoms with E-state index in [1.54, 1.807) is 7.11 Å². The average Bonchev–Trinajstić information content (AvgIpc) is 3.33. The summed E-state index contributed by atoms with van der Waals surface area (Å²) in [4.78, 5) is 16.0. The van der Waals surface area contributed by atoms with Gasteiger partial charge in [-0.3, -0.25) is 4.79 Å². The van der Waals surface area contributed by atoms with Crippen LogP contribution in [0.15, 0.2) is 59.3 Å². The second kappa shape index (κ2) is 8.45. The number of hydrogen-bond donors (Lipinski definition) is 2. The van der Waals surface area contributed by atoms with Crippen molar-refractivity contribution in [2.24, 2.45) is 0 Å². The molecule has 0 saturated heterocycles. The van der Waals surface area contributed by atoms with Crippen LogP contribution in [0.1, 0.15) is 34.1 Å². The van der Waals surface area contributed by atoms with Crippen LogP contribution in [0.25, 0.3) is 10.9 Å². The Morgan fingerprint density at radius 3 is 2.63 bits per heavy atom. The van der Waals surface area contributed by atoms with E-state index in [2.05, 4.69) is 27.6 Å². The summed E-state index contributed by atoms with van der Waals surface area (Å²) in [6.45, 7) is 4.16. The van der Waals surface area contributed by atoms with Crippen molar-refractivity contribution < 1.29 is 14.1 Å². The number of nitrogens with one attached hydrogen (secondary N) is 2. The van der Waals surface area contributed by atoms with Gasteiger partial charge >= 0.3 is 0 Å². The molecule has 1 amide bonds. The van der Waals surface area contributed by atoms with Crippen LogP contribution in [0, 0.1) is 13.8 Å². The topological polar surface area (TPSA) is 80.2 Å². The number of benzene rings is 2. The molecule has 0 radical (unpaired) electrons. The van der Waals surface area contributed by atoms with Crippen molar-refractivity contribution in [3.63, 3.8) is 0 Å². The minimum Gasteiger partial charge on any atom is -0.497 e. The van der Waals surface area contributed by atoms with Crippen molar-refractivity contribution in [2.75, 3.05) is 13.7 Å². The number of aromatic amines is 1. The van der Waals surface area contributed by atoms with Crippen LogP contribution in [0.3, 0.4) is 0 Å². The molecule has 0 bridgehead atoms. The van der Waals surface area contributed by atoms with E-state index in [0.29, 0.717) is 12.3 Å². The molecule has 0 spiro atoms. The van der Waals surface area contributed by atoms with Crippen LogP contribution >= 0.6 is 0 Å². The van der Waals surface area contributed by atoms with Crippen LogP contribution < -0.4 is 10.1 Å². The lowest BCUT2D eigenvalue weighted by atomic mass is 9.90. The molecule has 4 aromatic rings. The molecule has 2 aromatic carbocycles. The minimum atomic E-state index is -0.0530. The third kappa shape index (κ3) is 3.94. The Balaban J connectivity index is 1.59. The van der Waals surface area contributed by atoms with Gasteiger partial charge in [-0.2, -0.15) is 0 Å². The molecular formula is C24H25N3O3. The van der Waals surface area contributed by atoms with Gasteiger partial charge in [-0.1, -0.05) is 35.5 Å². The lowest BCUT2D eigenvalue weighted by molar-refractivity contribution is -0.120. The van der Waals surface area contributed by atoms with E-state index in [4.69, 9.17) is 9.26 Å². The maximum absolute atomic E-state index is 12.7. The molecule has 6 heteroatoms. The maximum Gasteiger partial charge on any atom is 0.224 e. The van der Waals surface area contributed by atoms with Crippen LogP contribution in [-0.4, -0.2) is 29.7 Å². The Hall–Kier alpha value is -3.54. The Morgan fingerprint density at radius 2 is 1.93 bits per heavy atom. The number of aromatic nitrogens is 2.